The molecule has 0 aliphatic carbocycles. The second-order valence-electron chi connectivity index (χ2n) is 6.54. The number of imide groups is 1. The first kappa shape index (κ1) is 21.6. The quantitative estimate of drug-likeness (QED) is 0.477. The molecule has 156 valence electrons. The van der Waals surface area contributed by atoms with E-state index in [9.17, 15) is 14.4 Å². The number of carbonyl (C=O) groups is 3. The lowest BCUT2D eigenvalue weighted by molar-refractivity contribution is -0.122. The van der Waals surface area contributed by atoms with Crippen LogP contribution in [0.1, 0.15) is 27.9 Å². The topological polar surface area (TPSA) is 93.1 Å². The Hall–Kier alpha value is -3.10. The Kier molecular flexibility index (Phi) is 7.26. The van der Waals surface area contributed by atoms with Crippen molar-refractivity contribution in [3.05, 3.63) is 70.1 Å². The summed E-state index contributed by atoms with van der Waals surface area (Å²) in [7, 11) is 1.58. The summed E-state index contributed by atoms with van der Waals surface area (Å²) < 4.78 is 10.7. The molecular weight excluding hydrogens is 406 g/mol. The summed E-state index contributed by atoms with van der Waals surface area (Å²) in [6.45, 7) is 1.06. The third kappa shape index (κ3) is 5.49. The van der Waals surface area contributed by atoms with Crippen LogP contribution in [0.2, 0.25) is 0 Å². The van der Waals surface area contributed by atoms with Crippen LogP contribution in [0, 0.1) is 0 Å². The molecule has 2 aromatic carbocycles. The summed E-state index contributed by atoms with van der Waals surface area (Å²) in [5, 5.41) is 8.77. The standard InChI is InChI=1S/C22H21NO6S/c1-28-11-3-10-23-20(24)19(30-22(23)27)13-15-6-8-18(9-7-15)29-14-16-4-2-5-17(12-16)21(25)26/h2,4-9,12-13H,3,10-11,14H2,1H3,(H,25,26)/b19-13+. The Balaban J connectivity index is 1.60. The van der Waals surface area contributed by atoms with E-state index in [2.05, 4.69) is 0 Å². The van der Waals surface area contributed by atoms with Gasteiger partial charge in [-0.05, 0) is 59.7 Å². The van der Waals surface area contributed by atoms with Crippen LogP contribution in [0.4, 0.5) is 4.79 Å². The average Bonchev–Trinajstić information content (AvgIpc) is 3.01. The fourth-order valence-electron chi connectivity index (χ4n) is 2.83. The maximum Gasteiger partial charge on any atom is 0.335 e. The molecule has 1 heterocycles. The van der Waals surface area contributed by atoms with E-state index >= 15 is 0 Å². The number of aromatic carboxylic acids is 1. The van der Waals surface area contributed by atoms with Crippen molar-refractivity contribution >= 4 is 35.0 Å². The smallest absolute Gasteiger partial charge is 0.335 e. The van der Waals surface area contributed by atoms with E-state index in [4.69, 9.17) is 14.6 Å². The van der Waals surface area contributed by atoms with E-state index in [0.717, 1.165) is 22.9 Å². The van der Waals surface area contributed by atoms with Crippen molar-refractivity contribution in [2.75, 3.05) is 20.3 Å². The molecule has 0 bridgehead atoms. The van der Waals surface area contributed by atoms with Gasteiger partial charge in [-0.2, -0.15) is 0 Å². The van der Waals surface area contributed by atoms with E-state index in [0.29, 0.717) is 30.2 Å². The zero-order valence-electron chi connectivity index (χ0n) is 16.4. The molecule has 1 fully saturated rings. The molecule has 0 radical (unpaired) electrons. The van der Waals surface area contributed by atoms with Crippen molar-refractivity contribution in [2.45, 2.75) is 13.0 Å². The Labute approximate surface area is 178 Å². The Morgan fingerprint density at radius 1 is 1.17 bits per heavy atom. The number of carboxylic acids is 1. The van der Waals surface area contributed by atoms with Crippen LogP contribution in [0.5, 0.6) is 5.75 Å². The first-order valence-electron chi connectivity index (χ1n) is 9.27. The average molecular weight is 427 g/mol. The van der Waals surface area contributed by atoms with Gasteiger partial charge in [0.2, 0.25) is 0 Å². The number of carbonyl (C=O) groups excluding carboxylic acids is 2. The van der Waals surface area contributed by atoms with Gasteiger partial charge >= 0.3 is 5.97 Å². The third-order valence-electron chi connectivity index (χ3n) is 4.36. The van der Waals surface area contributed by atoms with Crippen LogP contribution in [0.15, 0.2) is 53.4 Å². The Bertz CT molecular complexity index is 970. The van der Waals surface area contributed by atoms with Gasteiger partial charge in [-0.3, -0.25) is 14.5 Å². The minimum atomic E-state index is -0.982. The molecule has 2 amide bonds. The predicted octanol–water partition coefficient (Wildman–Crippen LogP) is 4.04. The van der Waals surface area contributed by atoms with Gasteiger partial charge in [-0.15, -0.1) is 0 Å². The minimum Gasteiger partial charge on any atom is -0.489 e. The summed E-state index contributed by atoms with van der Waals surface area (Å²) >= 11 is 0.929. The number of hydrogen-bond acceptors (Lipinski definition) is 6. The van der Waals surface area contributed by atoms with E-state index in [1.807, 2.05) is 0 Å². The maximum atomic E-state index is 12.4. The number of ether oxygens (including phenoxy) is 2. The molecule has 0 saturated carbocycles. The number of methoxy groups -OCH3 is 1. The van der Waals surface area contributed by atoms with Crippen molar-refractivity contribution in [3.8, 4) is 5.75 Å². The molecule has 1 aliphatic heterocycles. The largest absolute Gasteiger partial charge is 0.489 e. The van der Waals surface area contributed by atoms with Crippen LogP contribution in [-0.2, 0) is 16.1 Å². The fourth-order valence-corrected chi connectivity index (χ4v) is 3.70. The number of carboxylic acid groups (broad SMARTS) is 1. The molecule has 1 N–H and O–H groups in total. The molecule has 0 atom stereocenters. The molecule has 0 spiro atoms. The summed E-state index contributed by atoms with van der Waals surface area (Å²) in [5.74, 6) is -0.662. The van der Waals surface area contributed by atoms with E-state index in [-0.39, 0.29) is 23.3 Å². The summed E-state index contributed by atoms with van der Waals surface area (Å²) in [5.41, 5.74) is 1.74. The van der Waals surface area contributed by atoms with Gasteiger partial charge in [-0.25, -0.2) is 4.79 Å². The molecule has 1 saturated heterocycles. The highest BCUT2D eigenvalue weighted by Gasteiger charge is 2.34. The van der Waals surface area contributed by atoms with Crippen molar-refractivity contribution < 1.29 is 29.0 Å². The normalized spacial score (nSPS) is 15.1. The predicted molar refractivity (Wildman–Crippen MR) is 113 cm³/mol. The monoisotopic (exact) mass is 427 g/mol. The molecule has 0 aromatic heterocycles. The maximum absolute atomic E-state index is 12.4. The van der Waals surface area contributed by atoms with E-state index in [1.165, 1.54) is 11.0 Å². The number of amides is 2. The minimum absolute atomic E-state index is 0.211. The van der Waals surface area contributed by atoms with Crippen LogP contribution in [0.3, 0.4) is 0 Å². The van der Waals surface area contributed by atoms with E-state index < -0.39 is 5.97 Å². The molecule has 0 unspecified atom stereocenters. The first-order valence-corrected chi connectivity index (χ1v) is 10.1. The summed E-state index contributed by atoms with van der Waals surface area (Å²) in [4.78, 5) is 37.1. The third-order valence-corrected chi connectivity index (χ3v) is 5.27. The van der Waals surface area contributed by atoms with Crippen molar-refractivity contribution in [1.29, 1.82) is 0 Å². The number of thioether (sulfide) groups is 1. The second-order valence-corrected chi connectivity index (χ2v) is 7.54. The molecule has 7 nitrogen and oxygen atoms in total. The van der Waals surface area contributed by atoms with Crippen molar-refractivity contribution in [1.82, 2.24) is 4.90 Å². The zero-order valence-corrected chi connectivity index (χ0v) is 17.2. The van der Waals surface area contributed by atoms with Crippen molar-refractivity contribution in [2.24, 2.45) is 0 Å². The van der Waals surface area contributed by atoms with Gasteiger partial charge in [0.25, 0.3) is 11.1 Å². The van der Waals surface area contributed by atoms with Gasteiger partial charge in [-0.1, -0.05) is 24.3 Å². The lowest BCUT2D eigenvalue weighted by Gasteiger charge is -2.11. The van der Waals surface area contributed by atoms with Gasteiger partial charge in [0.15, 0.2) is 0 Å². The highest BCUT2D eigenvalue weighted by atomic mass is 32.2. The summed E-state index contributed by atoms with van der Waals surface area (Å²) in [6, 6.07) is 13.7. The first-order chi connectivity index (χ1) is 14.5. The van der Waals surface area contributed by atoms with Crippen LogP contribution in [-0.4, -0.2) is 47.4 Å². The number of nitrogens with zero attached hydrogens (tertiary/aromatic N) is 1. The molecule has 30 heavy (non-hydrogen) atoms. The summed E-state index contributed by atoms with van der Waals surface area (Å²) in [6.07, 6.45) is 2.28. The Morgan fingerprint density at radius 2 is 1.93 bits per heavy atom. The lowest BCUT2D eigenvalue weighted by atomic mass is 10.1. The second kappa shape index (κ2) is 10.1. The molecule has 2 aromatic rings. The van der Waals surface area contributed by atoms with Crippen LogP contribution >= 0.6 is 11.8 Å². The zero-order chi connectivity index (χ0) is 21.5. The van der Waals surface area contributed by atoms with Gasteiger partial charge < -0.3 is 14.6 Å². The lowest BCUT2D eigenvalue weighted by Crippen LogP contribution is -2.29. The van der Waals surface area contributed by atoms with Crippen molar-refractivity contribution in [3.63, 3.8) is 0 Å². The SMILES string of the molecule is COCCCN1C(=O)S/C(=C/c2ccc(OCc3cccc(C(=O)O)c3)cc2)C1=O. The fraction of sp³-hybridized carbons (Fsp3) is 0.227. The van der Waals surface area contributed by atoms with Crippen LogP contribution in [0.25, 0.3) is 6.08 Å². The highest BCUT2D eigenvalue weighted by Crippen LogP contribution is 2.32. The molecule has 3 rings (SSSR count). The Morgan fingerprint density at radius 3 is 2.63 bits per heavy atom. The van der Waals surface area contributed by atoms with Gasteiger partial charge in [0, 0.05) is 20.3 Å². The highest BCUT2D eigenvalue weighted by molar-refractivity contribution is 8.18. The van der Waals surface area contributed by atoms with E-state index in [1.54, 1.807) is 55.7 Å². The molecule has 8 heteroatoms. The number of hydrogen-bond donors (Lipinski definition) is 1. The van der Waals surface area contributed by atoms with Gasteiger partial charge in [0.1, 0.15) is 12.4 Å². The number of rotatable bonds is 9. The van der Waals surface area contributed by atoms with Gasteiger partial charge in [0.05, 0.1) is 10.5 Å². The van der Waals surface area contributed by atoms with Crippen LogP contribution < -0.4 is 4.74 Å². The molecular formula is C22H21NO6S. The number of benzene rings is 2. The molecule has 1 aliphatic rings.